The van der Waals surface area contributed by atoms with Crippen LogP contribution in [0.4, 0.5) is 0 Å². The number of hydrogen-bond acceptors (Lipinski definition) is 9. The number of aromatic amines is 1. The largest absolute Gasteiger partial charge is 0.481 e. The number of nitrogens with one attached hydrogen (secondary N) is 4. The molecule has 0 saturated heterocycles. The van der Waals surface area contributed by atoms with Crippen LogP contribution in [0.1, 0.15) is 25.0 Å². The van der Waals surface area contributed by atoms with Crippen LogP contribution in [0, 0.1) is 0 Å². The Morgan fingerprint density at radius 3 is 1.74 bits per heavy atom. The van der Waals surface area contributed by atoms with E-state index in [2.05, 4.69) is 15.3 Å². The molecule has 0 spiro atoms. The number of H-pyrrole nitrogens is 1. The van der Waals surface area contributed by atoms with E-state index >= 15 is 0 Å². The van der Waals surface area contributed by atoms with Gasteiger partial charge >= 0.3 is 23.9 Å². The molecule has 4 unspecified atom stereocenters. The van der Waals surface area contributed by atoms with Gasteiger partial charge in [-0.2, -0.15) is 0 Å². The summed E-state index contributed by atoms with van der Waals surface area (Å²) < 4.78 is 0. The highest BCUT2D eigenvalue weighted by Gasteiger charge is 2.32. The van der Waals surface area contributed by atoms with Crippen molar-refractivity contribution in [2.75, 3.05) is 0 Å². The van der Waals surface area contributed by atoms with Gasteiger partial charge in [0.15, 0.2) is 0 Å². The molecule has 0 fully saturated rings. The number of aromatic nitrogens is 2. The zero-order valence-electron chi connectivity index (χ0n) is 18.0. The van der Waals surface area contributed by atoms with Gasteiger partial charge in [-0.05, 0) is 0 Å². The lowest BCUT2D eigenvalue weighted by Gasteiger charge is -2.24. The normalized spacial score (nSPS) is 14.0. The number of rotatable bonds is 15. The molecule has 1 aromatic heterocycles. The molecule has 0 saturated carbocycles. The molecule has 17 heteroatoms. The smallest absolute Gasteiger partial charge is 0.326 e. The molecule has 0 aliphatic heterocycles. The third-order valence-electron chi connectivity index (χ3n) is 4.35. The first-order valence-electron chi connectivity index (χ1n) is 9.82. The van der Waals surface area contributed by atoms with Crippen molar-refractivity contribution in [3.05, 3.63) is 18.2 Å². The highest BCUT2D eigenvalue weighted by Crippen LogP contribution is 2.04. The minimum absolute atomic E-state index is 0.290. The van der Waals surface area contributed by atoms with Crippen LogP contribution in [-0.2, 0) is 40.0 Å². The van der Waals surface area contributed by atoms with Crippen molar-refractivity contribution in [2.24, 2.45) is 5.73 Å². The first-order valence-corrected chi connectivity index (χ1v) is 9.82. The third-order valence-corrected chi connectivity index (χ3v) is 4.35. The molecule has 35 heavy (non-hydrogen) atoms. The maximum absolute atomic E-state index is 12.7. The Morgan fingerprint density at radius 2 is 1.26 bits per heavy atom. The SMILES string of the molecule is NC(CC(=O)O)C(=O)NC(CC(=O)O)C(=O)NC(Cc1cnc[nH]1)C(=O)NC(CC(=O)O)C(=O)O. The molecule has 0 aromatic carbocycles. The zero-order chi connectivity index (χ0) is 26.7. The number of carboxylic acid groups (broad SMARTS) is 4. The minimum atomic E-state index is -1.84. The Bertz CT molecular complexity index is 964. The number of carboxylic acids is 4. The van der Waals surface area contributed by atoms with Gasteiger partial charge in [0.1, 0.15) is 18.1 Å². The minimum Gasteiger partial charge on any atom is -0.481 e. The molecule has 4 atom stereocenters. The van der Waals surface area contributed by atoms with Crippen LogP contribution >= 0.6 is 0 Å². The van der Waals surface area contributed by atoms with Crippen LogP contribution in [0.5, 0.6) is 0 Å². The highest BCUT2D eigenvalue weighted by atomic mass is 16.4. The van der Waals surface area contributed by atoms with E-state index in [1.807, 2.05) is 10.6 Å². The Kier molecular flexibility index (Phi) is 10.8. The molecule has 1 aromatic rings. The van der Waals surface area contributed by atoms with Crippen LogP contribution in [-0.4, -0.2) is 96.2 Å². The summed E-state index contributed by atoms with van der Waals surface area (Å²) in [4.78, 5) is 87.9. The van der Waals surface area contributed by atoms with E-state index in [4.69, 9.17) is 26.2 Å². The van der Waals surface area contributed by atoms with Crippen molar-refractivity contribution in [3.8, 4) is 0 Å². The molecule has 1 heterocycles. The first-order chi connectivity index (χ1) is 16.3. The first kappa shape index (κ1) is 28.5. The van der Waals surface area contributed by atoms with E-state index in [0.29, 0.717) is 0 Å². The van der Waals surface area contributed by atoms with E-state index in [0.717, 1.165) is 0 Å². The molecule has 0 bridgehead atoms. The van der Waals surface area contributed by atoms with Gasteiger partial charge in [-0.3, -0.25) is 28.8 Å². The number of nitrogens with zero attached hydrogens (tertiary/aromatic N) is 1. The van der Waals surface area contributed by atoms with Gasteiger partial charge in [0.05, 0.1) is 31.6 Å². The summed E-state index contributed by atoms with van der Waals surface area (Å²) in [6.07, 6.45) is -0.521. The second-order valence-electron chi connectivity index (χ2n) is 7.20. The van der Waals surface area contributed by atoms with Gasteiger partial charge in [0, 0.05) is 18.3 Å². The molecule has 3 amide bonds. The van der Waals surface area contributed by atoms with Crippen LogP contribution < -0.4 is 21.7 Å². The fourth-order valence-electron chi connectivity index (χ4n) is 2.69. The monoisotopic (exact) mass is 500 g/mol. The van der Waals surface area contributed by atoms with E-state index in [-0.39, 0.29) is 12.1 Å². The van der Waals surface area contributed by atoms with Gasteiger partial charge in [0.2, 0.25) is 17.7 Å². The zero-order valence-corrected chi connectivity index (χ0v) is 18.0. The quantitative estimate of drug-likeness (QED) is 0.112. The average molecular weight is 500 g/mol. The van der Waals surface area contributed by atoms with Crippen molar-refractivity contribution in [2.45, 2.75) is 49.9 Å². The molecule has 192 valence electrons. The Morgan fingerprint density at radius 1 is 0.771 bits per heavy atom. The van der Waals surface area contributed by atoms with Crippen molar-refractivity contribution in [1.82, 2.24) is 25.9 Å². The van der Waals surface area contributed by atoms with Crippen LogP contribution in [0.25, 0.3) is 0 Å². The molecule has 1 rings (SSSR count). The molecule has 10 N–H and O–H groups in total. The molecule has 0 radical (unpaired) electrons. The van der Waals surface area contributed by atoms with E-state index < -0.39 is 85.0 Å². The summed E-state index contributed by atoms with van der Waals surface area (Å²) in [5.41, 5.74) is 5.70. The summed E-state index contributed by atoms with van der Waals surface area (Å²) in [6, 6.07) is -6.79. The third kappa shape index (κ3) is 10.3. The predicted molar refractivity (Wildman–Crippen MR) is 110 cm³/mol. The summed E-state index contributed by atoms with van der Waals surface area (Å²) in [6.45, 7) is 0. The van der Waals surface area contributed by atoms with Crippen LogP contribution in [0.2, 0.25) is 0 Å². The molecular formula is C18H24N6O11. The highest BCUT2D eigenvalue weighted by molar-refractivity contribution is 5.96. The maximum atomic E-state index is 12.7. The van der Waals surface area contributed by atoms with Gasteiger partial charge in [-0.1, -0.05) is 0 Å². The van der Waals surface area contributed by atoms with Crippen molar-refractivity contribution in [3.63, 3.8) is 0 Å². The summed E-state index contributed by atoms with van der Waals surface area (Å²) >= 11 is 0. The number of carbonyl (C=O) groups is 7. The fourth-order valence-corrected chi connectivity index (χ4v) is 2.69. The van der Waals surface area contributed by atoms with Gasteiger partial charge in [-0.15, -0.1) is 0 Å². The lowest BCUT2D eigenvalue weighted by molar-refractivity contribution is -0.147. The number of nitrogens with two attached hydrogens (primary N) is 1. The van der Waals surface area contributed by atoms with Crippen molar-refractivity contribution >= 4 is 41.6 Å². The standard InChI is InChI=1S/C18H24N6O11/c19-8(2-12(25)26)15(31)22-10(3-13(27)28)17(33)23-9(1-7-5-20-6-21-7)16(32)24-11(18(34)35)4-14(29)30/h5-6,8-11H,1-4,19H2,(H,20,21)(H,22,31)(H,23,33)(H,24,32)(H,25,26)(H,27,28)(H,29,30)(H,34,35). The number of hydrogen-bond donors (Lipinski definition) is 9. The lowest BCUT2D eigenvalue weighted by Crippen LogP contribution is -2.58. The number of aliphatic carboxylic acids is 4. The predicted octanol–water partition coefficient (Wildman–Crippen LogP) is -3.76. The second-order valence-corrected chi connectivity index (χ2v) is 7.20. The molecule has 0 aliphatic rings. The van der Waals surface area contributed by atoms with Crippen LogP contribution in [0.3, 0.4) is 0 Å². The Hall–Kier alpha value is -4.54. The lowest BCUT2D eigenvalue weighted by atomic mass is 10.1. The van der Waals surface area contributed by atoms with E-state index in [9.17, 15) is 33.6 Å². The Labute approximate surface area is 196 Å². The van der Waals surface area contributed by atoms with Gasteiger partial charge in [-0.25, -0.2) is 9.78 Å². The number of amides is 3. The fraction of sp³-hybridized carbons (Fsp3) is 0.444. The molecule has 17 nitrogen and oxygen atoms in total. The Balaban J connectivity index is 3.09. The number of carbonyl (C=O) groups excluding carboxylic acids is 3. The summed E-state index contributed by atoms with van der Waals surface area (Å²) in [5.74, 6) is -9.57. The number of imidazole rings is 1. The summed E-state index contributed by atoms with van der Waals surface area (Å²) in [5, 5.41) is 41.9. The van der Waals surface area contributed by atoms with Gasteiger partial charge < -0.3 is 47.1 Å². The summed E-state index contributed by atoms with van der Waals surface area (Å²) in [7, 11) is 0. The van der Waals surface area contributed by atoms with E-state index in [1.165, 1.54) is 12.5 Å². The maximum Gasteiger partial charge on any atom is 0.326 e. The van der Waals surface area contributed by atoms with Crippen molar-refractivity contribution in [1.29, 1.82) is 0 Å². The van der Waals surface area contributed by atoms with Crippen molar-refractivity contribution < 1.29 is 54.0 Å². The van der Waals surface area contributed by atoms with Crippen LogP contribution in [0.15, 0.2) is 12.5 Å². The second kappa shape index (κ2) is 13.2. The van der Waals surface area contributed by atoms with E-state index in [1.54, 1.807) is 0 Å². The molecular weight excluding hydrogens is 476 g/mol. The average Bonchev–Trinajstić information content (AvgIpc) is 3.24. The topological polar surface area (TPSA) is 291 Å². The molecule has 0 aliphatic carbocycles. The van der Waals surface area contributed by atoms with Gasteiger partial charge in [0.25, 0.3) is 0 Å².